The molecule has 0 radical (unpaired) electrons. The van der Waals surface area contributed by atoms with Crippen LogP contribution in [0.5, 0.6) is 0 Å². The van der Waals surface area contributed by atoms with Crippen LogP contribution in [-0.4, -0.2) is 13.1 Å². The number of fused-ring (bicyclic) bond motifs is 1. The van der Waals surface area contributed by atoms with Crippen molar-refractivity contribution in [1.29, 1.82) is 0 Å². The van der Waals surface area contributed by atoms with Crippen LogP contribution in [0, 0.1) is 5.82 Å². The summed E-state index contributed by atoms with van der Waals surface area (Å²) in [7, 11) is 0. The van der Waals surface area contributed by atoms with Gasteiger partial charge in [-0.25, -0.2) is 4.39 Å². The molecule has 0 aliphatic carbocycles. The van der Waals surface area contributed by atoms with Crippen molar-refractivity contribution in [2.24, 2.45) is 5.73 Å². The molecule has 0 spiro atoms. The van der Waals surface area contributed by atoms with Gasteiger partial charge in [0, 0.05) is 24.7 Å². The highest BCUT2D eigenvalue weighted by Crippen LogP contribution is 2.38. The molecule has 0 aromatic heterocycles. The maximum atomic E-state index is 13.7. The SMILES string of the molecule is NCCC1CN(Cc2ccc(Br)c(F)c2)c2ccccc21. The van der Waals surface area contributed by atoms with E-state index in [0.717, 1.165) is 25.1 Å². The molecule has 2 N–H and O–H groups in total. The average Bonchev–Trinajstić information content (AvgIpc) is 2.82. The van der Waals surface area contributed by atoms with Crippen LogP contribution in [0.15, 0.2) is 46.9 Å². The van der Waals surface area contributed by atoms with Gasteiger partial charge in [-0.2, -0.15) is 0 Å². The van der Waals surface area contributed by atoms with E-state index in [1.54, 1.807) is 12.1 Å². The standard InChI is InChI=1S/C17H18BrFN2/c18-15-6-5-12(9-16(15)19)10-21-11-13(7-8-20)14-3-1-2-4-17(14)21/h1-6,9,13H,7-8,10-11,20H2. The van der Waals surface area contributed by atoms with Crippen molar-refractivity contribution in [3.63, 3.8) is 0 Å². The van der Waals surface area contributed by atoms with E-state index >= 15 is 0 Å². The molecule has 0 saturated heterocycles. The van der Waals surface area contributed by atoms with Gasteiger partial charge in [0.2, 0.25) is 0 Å². The zero-order chi connectivity index (χ0) is 14.8. The number of hydrogen-bond acceptors (Lipinski definition) is 2. The Morgan fingerprint density at radius 2 is 2.05 bits per heavy atom. The summed E-state index contributed by atoms with van der Waals surface area (Å²) in [6.07, 6.45) is 0.988. The predicted octanol–water partition coefficient (Wildman–Crippen LogP) is 4.04. The van der Waals surface area contributed by atoms with E-state index in [1.807, 2.05) is 6.07 Å². The second-order valence-corrected chi connectivity index (χ2v) is 6.32. The Morgan fingerprint density at radius 3 is 2.81 bits per heavy atom. The van der Waals surface area contributed by atoms with E-state index in [-0.39, 0.29) is 5.82 Å². The van der Waals surface area contributed by atoms with Crippen LogP contribution in [0.2, 0.25) is 0 Å². The minimum absolute atomic E-state index is 0.210. The van der Waals surface area contributed by atoms with Crippen LogP contribution in [0.1, 0.15) is 23.5 Å². The lowest BCUT2D eigenvalue weighted by molar-refractivity contribution is 0.615. The predicted molar refractivity (Wildman–Crippen MR) is 88.0 cm³/mol. The summed E-state index contributed by atoms with van der Waals surface area (Å²) in [5, 5.41) is 0. The van der Waals surface area contributed by atoms with Crippen molar-refractivity contribution in [2.75, 3.05) is 18.0 Å². The maximum absolute atomic E-state index is 13.7. The van der Waals surface area contributed by atoms with E-state index in [0.29, 0.717) is 16.9 Å². The zero-order valence-corrected chi connectivity index (χ0v) is 13.3. The van der Waals surface area contributed by atoms with E-state index < -0.39 is 0 Å². The van der Waals surface area contributed by atoms with Gasteiger partial charge in [0.05, 0.1) is 4.47 Å². The summed E-state index contributed by atoms with van der Waals surface area (Å²) in [4.78, 5) is 2.32. The Morgan fingerprint density at radius 1 is 1.24 bits per heavy atom. The second kappa shape index (κ2) is 6.16. The molecule has 1 heterocycles. The van der Waals surface area contributed by atoms with Gasteiger partial charge in [-0.3, -0.25) is 0 Å². The number of para-hydroxylation sites is 1. The first-order valence-corrected chi connectivity index (χ1v) is 7.96. The van der Waals surface area contributed by atoms with Gasteiger partial charge in [-0.1, -0.05) is 24.3 Å². The van der Waals surface area contributed by atoms with Crippen molar-refractivity contribution in [3.8, 4) is 0 Å². The molecule has 1 aliphatic heterocycles. The number of benzene rings is 2. The molecule has 2 aromatic rings. The van der Waals surface area contributed by atoms with Crippen molar-refractivity contribution in [1.82, 2.24) is 0 Å². The lowest BCUT2D eigenvalue weighted by Gasteiger charge is -2.20. The van der Waals surface area contributed by atoms with E-state index in [4.69, 9.17) is 5.73 Å². The van der Waals surface area contributed by atoms with Crippen molar-refractivity contribution < 1.29 is 4.39 Å². The Bertz CT molecular complexity index is 644. The van der Waals surface area contributed by atoms with E-state index in [2.05, 4.69) is 45.1 Å². The van der Waals surface area contributed by atoms with Crippen molar-refractivity contribution in [2.45, 2.75) is 18.9 Å². The van der Waals surface area contributed by atoms with E-state index in [9.17, 15) is 4.39 Å². The molecule has 0 fully saturated rings. The van der Waals surface area contributed by atoms with Crippen LogP contribution < -0.4 is 10.6 Å². The highest BCUT2D eigenvalue weighted by atomic mass is 79.9. The Labute approximate surface area is 132 Å². The minimum Gasteiger partial charge on any atom is -0.366 e. The number of nitrogens with two attached hydrogens (primary N) is 1. The molecular weight excluding hydrogens is 331 g/mol. The van der Waals surface area contributed by atoms with Gasteiger partial charge in [-0.15, -0.1) is 0 Å². The largest absolute Gasteiger partial charge is 0.366 e. The lowest BCUT2D eigenvalue weighted by atomic mass is 9.98. The van der Waals surface area contributed by atoms with Crippen molar-refractivity contribution >= 4 is 21.6 Å². The highest BCUT2D eigenvalue weighted by molar-refractivity contribution is 9.10. The molecule has 0 amide bonds. The average molecular weight is 349 g/mol. The van der Waals surface area contributed by atoms with Gasteiger partial charge in [-0.05, 0) is 58.2 Å². The van der Waals surface area contributed by atoms with Gasteiger partial charge in [0.15, 0.2) is 0 Å². The fraction of sp³-hybridized carbons (Fsp3) is 0.294. The summed E-state index contributed by atoms with van der Waals surface area (Å²) in [6.45, 7) is 2.37. The normalized spacial score (nSPS) is 17.1. The molecule has 2 nitrogen and oxygen atoms in total. The quantitative estimate of drug-likeness (QED) is 0.903. The van der Waals surface area contributed by atoms with Crippen molar-refractivity contribution in [3.05, 3.63) is 63.9 Å². The molecular formula is C17H18BrFN2. The summed E-state index contributed by atoms with van der Waals surface area (Å²) < 4.78 is 14.2. The second-order valence-electron chi connectivity index (χ2n) is 5.46. The number of hydrogen-bond donors (Lipinski definition) is 1. The third-order valence-electron chi connectivity index (χ3n) is 4.03. The summed E-state index contributed by atoms with van der Waals surface area (Å²) in [5.41, 5.74) is 9.32. The monoisotopic (exact) mass is 348 g/mol. The van der Waals surface area contributed by atoms with Gasteiger partial charge >= 0.3 is 0 Å². The zero-order valence-electron chi connectivity index (χ0n) is 11.7. The fourth-order valence-electron chi connectivity index (χ4n) is 3.04. The summed E-state index contributed by atoms with van der Waals surface area (Å²) in [5.74, 6) is 0.269. The number of rotatable bonds is 4. The summed E-state index contributed by atoms with van der Waals surface area (Å²) >= 11 is 3.20. The smallest absolute Gasteiger partial charge is 0.137 e. The van der Waals surface area contributed by atoms with Crippen LogP contribution in [0.25, 0.3) is 0 Å². The molecule has 4 heteroatoms. The Hall–Kier alpha value is -1.39. The molecule has 3 rings (SSSR count). The van der Waals surface area contributed by atoms with Gasteiger partial charge < -0.3 is 10.6 Å². The molecule has 1 unspecified atom stereocenters. The molecule has 1 aliphatic rings. The maximum Gasteiger partial charge on any atom is 0.137 e. The topological polar surface area (TPSA) is 29.3 Å². The highest BCUT2D eigenvalue weighted by Gasteiger charge is 2.27. The van der Waals surface area contributed by atoms with Gasteiger partial charge in [0.25, 0.3) is 0 Å². The molecule has 2 aromatic carbocycles. The van der Waals surface area contributed by atoms with Crippen LogP contribution in [0.3, 0.4) is 0 Å². The molecule has 0 saturated carbocycles. The number of nitrogens with zero attached hydrogens (tertiary/aromatic N) is 1. The molecule has 0 bridgehead atoms. The van der Waals surface area contributed by atoms with Crippen LogP contribution in [0.4, 0.5) is 10.1 Å². The third kappa shape index (κ3) is 2.97. The molecule has 110 valence electrons. The van der Waals surface area contributed by atoms with Gasteiger partial charge in [0.1, 0.15) is 5.82 Å². The first kappa shape index (κ1) is 14.5. The van der Waals surface area contributed by atoms with Crippen LogP contribution in [-0.2, 0) is 6.54 Å². The number of anilines is 1. The third-order valence-corrected chi connectivity index (χ3v) is 4.67. The number of halogens is 2. The van der Waals surface area contributed by atoms with E-state index in [1.165, 1.54) is 11.3 Å². The lowest BCUT2D eigenvalue weighted by Crippen LogP contribution is -2.22. The first-order chi connectivity index (χ1) is 10.2. The molecule has 1 atom stereocenters. The minimum atomic E-state index is -0.210. The first-order valence-electron chi connectivity index (χ1n) is 7.17. The fourth-order valence-corrected chi connectivity index (χ4v) is 3.29. The molecule has 21 heavy (non-hydrogen) atoms. The Balaban J connectivity index is 1.84. The van der Waals surface area contributed by atoms with Crippen LogP contribution >= 0.6 is 15.9 Å². The Kier molecular flexibility index (Phi) is 4.27. The summed E-state index contributed by atoms with van der Waals surface area (Å²) in [6, 6.07) is 13.8.